The molecule has 0 heterocycles. The van der Waals surface area contributed by atoms with Crippen molar-refractivity contribution in [2.24, 2.45) is 0 Å². The lowest BCUT2D eigenvalue weighted by molar-refractivity contribution is -0.137. The molecule has 0 saturated heterocycles. The summed E-state index contributed by atoms with van der Waals surface area (Å²) in [6.45, 7) is -0.798. The predicted molar refractivity (Wildman–Crippen MR) is 103 cm³/mol. The maximum absolute atomic E-state index is 12.7. The van der Waals surface area contributed by atoms with Gasteiger partial charge in [-0.1, -0.05) is 17.7 Å². The van der Waals surface area contributed by atoms with E-state index in [0.717, 1.165) is 28.6 Å². The van der Waals surface area contributed by atoms with Gasteiger partial charge < -0.3 is 10.1 Å². The number of carbonyl (C=O) groups is 2. The standard InChI is InChI=1S/C18H16ClF3N2O5S/c1-24(2)30(27,28)15-9-13(6-7-14(15)19)23-16(25)10-29-17(26)11-4-3-5-12(8-11)18(20,21)22/h3-9H,10H2,1-2H3,(H,23,25). The van der Waals surface area contributed by atoms with Gasteiger partial charge in [-0.15, -0.1) is 0 Å². The third-order valence-electron chi connectivity index (χ3n) is 3.73. The lowest BCUT2D eigenvalue weighted by Crippen LogP contribution is -2.23. The molecule has 12 heteroatoms. The van der Waals surface area contributed by atoms with Crippen LogP contribution in [-0.2, 0) is 25.7 Å². The Hall–Kier alpha value is -2.63. The topological polar surface area (TPSA) is 92.8 Å². The van der Waals surface area contributed by atoms with Crippen molar-refractivity contribution in [3.8, 4) is 0 Å². The van der Waals surface area contributed by atoms with Crippen molar-refractivity contribution in [2.45, 2.75) is 11.1 Å². The Morgan fingerprint density at radius 1 is 1.13 bits per heavy atom. The third-order valence-corrected chi connectivity index (χ3v) is 6.03. The van der Waals surface area contributed by atoms with Gasteiger partial charge in [-0.2, -0.15) is 13.2 Å². The number of nitrogens with one attached hydrogen (secondary N) is 1. The van der Waals surface area contributed by atoms with Crippen LogP contribution in [-0.4, -0.2) is 45.3 Å². The smallest absolute Gasteiger partial charge is 0.416 e. The van der Waals surface area contributed by atoms with Gasteiger partial charge in [-0.05, 0) is 36.4 Å². The van der Waals surface area contributed by atoms with Gasteiger partial charge in [-0.3, -0.25) is 4.79 Å². The Morgan fingerprint density at radius 2 is 1.80 bits per heavy atom. The minimum absolute atomic E-state index is 0.0577. The number of carbonyl (C=O) groups excluding carboxylic acids is 2. The first-order valence-corrected chi connectivity index (χ1v) is 10.0. The van der Waals surface area contributed by atoms with E-state index in [2.05, 4.69) is 5.32 Å². The Labute approximate surface area is 175 Å². The van der Waals surface area contributed by atoms with E-state index in [-0.39, 0.29) is 21.2 Å². The largest absolute Gasteiger partial charge is 0.452 e. The van der Waals surface area contributed by atoms with Crippen LogP contribution < -0.4 is 5.32 Å². The number of hydrogen-bond acceptors (Lipinski definition) is 5. The molecule has 0 bridgehead atoms. The summed E-state index contributed by atoms with van der Waals surface area (Å²) in [5.74, 6) is -1.95. The fourth-order valence-corrected chi connectivity index (χ4v) is 3.60. The van der Waals surface area contributed by atoms with E-state index in [9.17, 15) is 31.2 Å². The summed E-state index contributed by atoms with van der Waals surface area (Å²) in [5, 5.41) is 2.27. The van der Waals surface area contributed by atoms with Gasteiger partial charge in [0.1, 0.15) is 4.90 Å². The zero-order chi connectivity index (χ0) is 22.7. The second-order valence-electron chi connectivity index (χ2n) is 6.14. The van der Waals surface area contributed by atoms with Gasteiger partial charge in [0, 0.05) is 19.8 Å². The number of ether oxygens (including phenoxy) is 1. The summed E-state index contributed by atoms with van der Waals surface area (Å²) in [7, 11) is -1.25. The molecule has 0 fully saturated rings. The summed E-state index contributed by atoms with van der Waals surface area (Å²) in [5.41, 5.74) is -1.33. The van der Waals surface area contributed by atoms with Crippen LogP contribution in [0, 0.1) is 0 Å². The lowest BCUT2D eigenvalue weighted by Gasteiger charge is -2.14. The van der Waals surface area contributed by atoms with E-state index in [4.69, 9.17) is 16.3 Å². The van der Waals surface area contributed by atoms with E-state index in [0.29, 0.717) is 6.07 Å². The minimum Gasteiger partial charge on any atom is -0.452 e. The Bertz CT molecular complexity index is 1070. The molecule has 162 valence electrons. The molecule has 0 spiro atoms. The van der Waals surface area contributed by atoms with Crippen molar-refractivity contribution in [3.63, 3.8) is 0 Å². The molecule has 2 rings (SSSR count). The molecule has 0 atom stereocenters. The average molecular weight is 465 g/mol. The van der Waals surface area contributed by atoms with Crippen LogP contribution in [0.3, 0.4) is 0 Å². The number of benzene rings is 2. The van der Waals surface area contributed by atoms with Gasteiger partial charge in [0.2, 0.25) is 10.0 Å². The van der Waals surface area contributed by atoms with E-state index in [1.807, 2.05) is 0 Å². The highest BCUT2D eigenvalue weighted by atomic mass is 35.5. The van der Waals surface area contributed by atoms with Gasteiger partial charge in [0.25, 0.3) is 5.91 Å². The summed E-state index contributed by atoms with van der Waals surface area (Å²) in [4.78, 5) is 23.7. The van der Waals surface area contributed by atoms with Crippen LogP contribution >= 0.6 is 11.6 Å². The van der Waals surface area contributed by atoms with Crippen molar-refractivity contribution in [1.29, 1.82) is 0 Å². The molecular formula is C18H16ClF3N2O5S. The van der Waals surface area contributed by atoms with Crippen LogP contribution in [0.25, 0.3) is 0 Å². The number of hydrogen-bond donors (Lipinski definition) is 1. The molecule has 0 aliphatic heterocycles. The third kappa shape index (κ3) is 5.71. The first-order valence-electron chi connectivity index (χ1n) is 8.18. The fraction of sp³-hybridized carbons (Fsp3) is 0.222. The molecule has 0 aromatic heterocycles. The maximum atomic E-state index is 12.7. The van der Waals surface area contributed by atoms with Crippen molar-refractivity contribution < 1.29 is 35.9 Å². The number of amides is 1. The van der Waals surface area contributed by atoms with Gasteiger partial charge in [-0.25, -0.2) is 17.5 Å². The average Bonchev–Trinajstić information content (AvgIpc) is 2.66. The summed E-state index contributed by atoms with van der Waals surface area (Å²) < 4.78 is 68.3. The Morgan fingerprint density at radius 3 is 2.40 bits per heavy atom. The maximum Gasteiger partial charge on any atom is 0.416 e. The SMILES string of the molecule is CN(C)S(=O)(=O)c1cc(NC(=O)COC(=O)c2cccc(C(F)(F)F)c2)ccc1Cl. The minimum atomic E-state index is -4.63. The van der Waals surface area contributed by atoms with E-state index < -0.39 is 40.2 Å². The second kappa shape index (κ2) is 9.02. The second-order valence-corrected chi connectivity index (χ2v) is 8.66. The Balaban J connectivity index is 2.06. The van der Waals surface area contributed by atoms with Crippen molar-refractivity contribution in [2.75, 3.05) is 26.0 Å². The van der Waals surface area contributed by atoms with E-state index in [1.54, 1.807) is 0 Å². The monoisotopic (exact) mass is 464 g/mol. The molecule has 0 aliphatic carbocycles. The Kier molecular flexibility index (Phi) is 7.11. The number of rotatable bonds is 6. The van der Waals surface area contributed by atoms with Crippen LogP contribution in [0.2, 0.25) is 5.02 Å². The van der Waals surface area contributed by atoms with Crippen LogP contribution in [0.15, 0.2) is 47.4 Å². The zero-order valence-electron chi connectivity index (χ0n) is 15.7. The molecule has 7 nitrogen and oxygen atoms in total. The quantitative estimate of drug-likeness (QED) is 0.661. The molecule has 2 aromatic rings. The number of sulfonamides is 1. The molecule has 0 unspecified atom stereocenters. The number of halogens is 4. The number of esters is 1. The highest BCUT2D eigenvalue weighted by Gasteiger charge is 2.31. The molecule has 1 amide bonds. The lowest BCUT2D eigenvalue weighted by atomic mass is 10.1. The van der Waals surface area contributed by atoms with Gasteiger partial charge in [0.05, 0.1) is 16.1 Å². The van der Waals surface area contributed by atoms with Crippen LogP contribution in [0.1, 0.15) is 15.9 Å². The molecule has 0 aliphatic rings. The van der Waals surface area contributed by atoms with Gasteiger partial charge in [0.15, 0.2) is 6.61 Å². The molecular weight excluding hydrogens is 449 g/mol. The highest BCUT2D eigenvalue weighted by molar-refractivity contribution is 7.89. The van der Waals surface area contributed by atoms with Crippen molar-refractivity contribution >= 4 is 39.2 Å². The predicted octanol–water partition coefficient (Wildman–Crippen LogP) is 3.40. The highest BCUT2D eigenvalue weighted by Crippen LogP contribution is 2.30. The molecule has 0 saturated carbocycles. The summed E-state index contributed by atoms with van der Waals surface area (Å²) in [6.07, 6.45) is -4.63. The van der Waals surface area contributed by atoms with Crippen molar-refractivity contribution in [1.82, 2.24) is 4.31 Å². The van der Waals surface area contributed by atoms with Crippen LogP contribution in [0.5, 0.6) is 0 Å². The first kappa shape index (κ1) is 23.6. The first-order chi connectivity index (χ1) is 13.8. The molecule has 0 radical (unpaired) electrons. The normalized spacial score (nSPS) is 12.0. The van der Waals surface area contributed by atoms with Crippen molar-refractivity contribution in [3.05, 3.63) is 58.6 Å². The fourth-order valence-electron chi connectivity index (χ4n) is 2.21. The molecule has 30 heavy (non-hydrogen) atoms. The number of nitrogens with zero attached hydrogens (tertiary/aromatic N) is 1. The van der Waals surface area contributed by atoms with Crippen LogP contribution in [0.4, 0.5) is 18.9 Å². The zero-order valence-corrected chi connectivity index (χ0v) is 17.2. The van der Waals surface area contributed by atoms with Gasteiger partial charge >= 0.3 is 12.1 Å². The summed E-state index contributed by atoms with van der Waals surface area (Å²) in [6, 6.07) is 7.30. The van der Waals surface area contributed by atoms with E-state index in [1.165, 1.54) is 26.2 Å². The number of anilines is 1. The molecule has 1 N–H and O–H groups in total. The summed E-state index contributed by atoms with van der Waals surface area (Å²) >= 11 is 5.91. The van der Waals surface area contributed by atoms with E-state index >= 15 is 0 Å². The number of alkyl halides is 3. The molecule has 2 aromatic carbocycles.